The molecule has 0 radical (unpaired) electrons. The molecule has 0 aliphatic rings. The molecule has 0 saturated heterocycles. The monoisotopic (exact) mass is 543 g/mol. The molecular formula is C29H20F3N5O3. The zero-order chi connectivity index (χ0) is 28.3. The summed E-state index contributed by atoms with van der Waals surface area (Å²) in [7, 11) is 1.57. The summed E-state index contributed by atoms with van der Waals surface area (Å²) in [5.41, 5.74) is -0.982. The summed E-state index contributed by atoms with van der Waals surface area (Å²) in [6, 6.07) is 22.4. The van der Waals surface area contributed by atoms with Crippen molar-refractivity contribution in [2.75, 3.05) is 12.4 Å². The number of hydrogen-bond acceptors (Lipinski definition) is 7. The molecule has 0 amide bonds. The molecule has 5 aromatic rings. The first-order valence-corrected chi connectivity index (χ1v) is 11.9. The van der Waals surface area contributed by atoms with E-state index < -0.39 is 17.4 Å². The van der Waals surface area contributed by atoms with Crippen molar-refractivity contribution in [3.63, 3.8) is 0 Å². The van der Waals surface area contributed by atoms with Crippen LogP contribution in [0.1, 0.15) is 16.8 Å². The summed E-state index contributed by atoms with van der Waals surface area (Å²) in [4.78, 5) is 21.5. The van der Waals surface area contributed by atoms with Crippen molar-refractivity contribution in [1.82, 2.24) is 14.5 Å². The fraction of sp³-hybridized carbons (Fsp3) is 0.103. The van der Waals surface area contributed by atoms with Gasteiger partial charge in [-0.05, 0) is 48.0 Å². The fourth-order valence-electron chi connectivity index (χ4n) is 4.06. The predicted octanol–water partition coefficient (Wildman–Crippen LogP) is 6.00. The Balaban J connectivity index is 1.57. The molecule has 200 valence electrons. The van der Waals surface area contributed by atoms with E-state index in [0.717, 1.165) is 16.2 Å². The van der Waals surface area contributed by atoms with Crippen molar-refractivity contribution in [2.24, 2.45) is 0 Å². The van der Waals surface area contributed by atoms with Gasteiger partial charge in [0.1, 0.15) is 35.3 Å². The minimum Gasteiger partial charge on any atom is -0.497 e. The topological polar surface area (TPSA) is 102 Å². The van der Waals surface area contributed by atoms with Crippen LogP contribution >= 0.6 is 0 Å². The number of para-hydroxylation sites is 1. The van der Waals surface area contributed by atoms with Gasteiger partial charge in [-0.1, -0.05) is 30.3 Å². The maximum atomic E-state index is 13.6. The third kappa shape index (κ3) is 5.28. The number of fused-ring (bicyclic) bond motifs is 1. The number of rotatable bonds is 7. The molecule has 0 saturated carbocycles. The van der Waals surface area contributed by atoms with Crippen LogP contribution in [-0.2, 0) is 12.8 Å². The van der Waals surface area contributed by atoms with Gasteiger partial charge in [-0.3, -0.25) is 9.36 Å². The molecule has 0 aliphatic carbocycles. The number of nitrogens with one attached hydrogen (secondary N) is 1. The fourth-order valence-corrected chi connectivity index (χ4v) is 4.06. The number of methoxy groups -OCH3 is 1. The second-order valence-corrected chi connectivity index (χ2v) is 8.55. The lowest BCUT2D eigenvalue weighted by Gasteiger charge is -2.17. The highest BCUT2D eigenvalue weighted by molar-refractivity contribution is 5.95. The average molecular weight is 544 g/mol. The minimum absolute atomic E-state index is 0.0169. The Morgan fingerprint density at radius 3 is 2.45 bits per heavy atom. The molecule has 8 nitrogen and oxygen atoms in total. The third-order valence-electron chi connectivity index (χ3n) is 5.99. The van der Waals surface area contributed by atoms with E-state index in [4.69, 9.17) is 9.47 Å². The highest BCUT2D eigenvalue weighted by Gasteiger charge is 2.33. The molecule has 0 aliphatic heterocycles. The number of halogens is 3. The van der Waals surface area contributed by atoms with E-state index in [1.807, 2.05) is 18.2 Å². The van der Waals surface area contributed by atoms with Crippen LogP contribution in [0.4, 0.5) is 24.5 Å². The molecule has 2 aromatic carbocycles. The van der Waals surface area contributed by atoms with Crippen LogP contribution < -0.4 is 20.3 Å². The average Bonchev–Trinajstić information content (AvgIpc) is 2.96. The Bertz CT molecular complexity index is 1780. The Hall–Kier alpha value is -5.37. The van der Waals surface area contributed by atoms with E-state index in [2.05, 4.69) is 15.3 Å². The molecular weight excluding hydrogens is 523 g/mol. The van der Waals surface area contributed by atoms with E-state index in [1.54, 1.807) is 61.7 Å². The van der Waals surface area contributed by atoms with Crippen LogP contribution in [0.3, 0.4) is 0 Å². The third-order valence-corrected chi connectivity index (χ3v) is 5.99. The summed E-state index contributed by atoms with van der Waals surface area (Å²) >= 11 is 0. The molecule has 0 unspecified atom stereocenters. The molecule has 1 N–H and O–H groups in total. The zero-order valence-electron chi connectivity index (χ0n) is 20.9. The van der Waals surface area contributed by atoms with Crippen LogP contribution in [0.5, 0.6) is 11.6 Å². The largest absolute Gasteiger partial charge is 0.497 e. The van der Waals surface area contributed by atoms with Gasteiger partial charge in [0.25, 0.3) is 5.56 Å². The highest BCUT2D eigenvalue weighted by Crippen LogP contribution is 2.33. The van der Waals surface area contributed by atoms with E-state index in [-0.39, 0.29) is 40.5 Å². The molecule has 40 heavy (non-hydrogen) atoms. The van der Waals surface area contributed by atoms with Gasteiger partial charge in [0, 0.05) is 23.3 Å². The maximum absolute atomic E-state index is 13.6. The molecule has 0 spiro atoms. The van der Waals surface area contributed by atoms with Gasteiger partial charge in [-0.15, -0.1) is 0 Å². The molecule has 5 rings (SSSR count). The second-order valence-electron chi connectivity index (χ2n) is 8.55. The Kier molecular flexibility index (Phi) is 7.07. The summed E-state index contributed by atoms with van der Waals surface area (Å²) in [6.07, 6.45) is -3.28. The predicted molar refractivity (Wildman–Crippen MR) is 142 cm³/mol. The van der Waals surface area contributed by atoms with Gasteiger partial charge in [0.15, 0.2) is 0 Å². The number of anilines is 2. The number of alkyl halides is 3. The van der Waals surface area contributed by atoms with Gasteiger partial charge in [-0.2, -0.15) is 18.4 Å². The van der Waals surface area contributed by atoms with Gasteiger partial charge < -0.3 is 14.8 Å². The number of benzene rings is 2. The first-order valence-electron chi connectivity index (χ1n) is 11.9. The van der Waals surface area contributed by atoms with Crippen molar-refractivity contribution in [3.05, 3.63) is 112 Å². The molecule has 3 aromatic heterocycles. The quantitative estimate of drug-likeness (QED) is 0.269. The SMILES string of the molecule is COc1ccc(COc2cc(Nc3c(C#N)c(=O)n(-c4ccccc4)c4nc(C(F)(F)F)ccc34)ccn2)cc1. The Morgan fingerprint density at radius 1 is 1.02 bits per heavy atom. The van der Waals surface area contributed by atoms with E-state index in [0.29, 0.717) is 11.4 Å². The van der Waals surface area contributed by atoms with Gasteiger partial charge in [-0.25, -0.2) is 9.97 Å². The van der Waals surface area contributed by atoms with E-state index in [9.17, 15) is 23.2 Å². The summed E-state index contributed by atoms with van der Waals surface area (Å²) in [6.45, 7) is 0.212. The van der Waals surface area contributed by atoms with Crippen LogP contribution in [0.15, 0.2) is 89.9 Å². The normalized spacial score (nSPS) is 11.2. The molecule has 0 fully saturated rings. The van der Waals surface area contributed by atoms with E-state index >= 15 is 0 Å². The van der Waals surface area contributed by atoms with Crippen molar-refractivity contribution < 1.29 is 22.6 Å². The molecule has 11 heteroatoms. The van der Waals surface area contributed by atoms with Crippen LogP contribution in [-0.4, -0.2) is 21.6 Å². The highest BCUT2D eigenvalue weighted by atomic mass is 19.4. The van der Waals surface area contributed by atoms with E-state index in [1.165, 1.54) is 12.3 Å². The minimum atomic E-state index is -4.74. The van der Waals surface area contributed by atoms with Gasteiger partial charge >= 0.3 is 6.18 Å². The summed E-state index contributed by atoms with van der Waals surface area (Å²) < 4.78 is 52.7. The summed E-state index contributed by atoms with van der Waals surface area (Å²) in [5.74, 6) is 0.957. The first-order chi connectivity index (χ1) is 19.3. The first kappa shape index (κ1) is 26.2. The van der Waals surface area contributed by atoms with Crippen LogP contribution in [0.25, 0.3) is 16.7 Å². The lowest BCUT2D eigenvalue weighted by Crippen LogP contribution is -2.24. The van der Waals surface area contributed by atoms with Crippen molar-refractivity contribution in [1.29, 1.82) is 5.26 Å². The number of ether oxygens (including phenoxy) is 2. The number of nitrogens with zero attached hydrogens (tertiary/aromatic N) is 4. The lowest BCUT2D eigenvalue weighted by molar-refractivity contribution is -0.141. The maximum Gasteiger partial charge on any atom is 0.433 e. The van der Waals surface area contributed by atoms with Crippen LogP contribution in [0.2, 0.25) is 0 Å². The Labute approximate surface area is 225 Å². The van der Waals surface area contributed by atoms with Crippen LogP contribution in [0, 0.1) is 11.3 Å². The smallest absolute Gasteiger partial charge is 0.433 e. The van der Waals surface area contributed by atoms with Crippen molar-refractivity contribution in [2.45, 2.75) is 12.8 Å². The number of aromatic nitrogens is 3. The number of hydrogen-bond donors (Lipinski definition) is 1. The zero-order valence-corrected chi connectivity index (χ0v) is 20.9. The molecule has 3 heterocycles. The lowest BCUT2D eigenvalue weighted by atomic mass is 10.1. The van der Waals surface area contributed by atoms with Crippen molar-refractivity contribution >= 4 is 22.4 Å². The van der Waals surface area contributed by atoms with Crippen molar-refractivity contribution in [3.8, 4) is 23.4 Å². The Morgan fingerprint density at radius 2 is 1.77 bits per heavy atom. The number of nitriles is 1. The second kappa shape index (κ2) is 10.8. The summed E-state index contributed by atoms with van der Waals surface area (Å²) in [5, 5.41) is 13.1. The molecule has 0 atom stereocenters. The van der Waals surface area contributed by atoms with Gasteiger partial charge in [0.2, 0.25) is 5.88 Å². The molecule has 0 bridgehead atoms. The number of pyridine rings is 3. The standard InChI is InChI=1S/C29H20F3N5O3/c1-39-21-9-7-18(8-10-21)17-40-25-15-19(13-14-34-25)35-26-22-11-12-24(29(30,31)32)36-27(22)37(28(38)23(26)16-33)20-5-3-2-4-6-20/h2-15H,17H2,1H3,(H,34,35). The van der Waals surface area contributed by atoms with Gasteiger partial charge in [0.05, 0.1) is 18.5 Å².